The fourth-order valence-electron chi connectivity index (χ4n) is 5.61. The van der Waals surface area contributed by atoms with Crippen molar-refractivity contribution < 1.29 is 19.1 Å². The number of aromatic amines is 1. The van der Waals surface area contributed by atoms with Crippen LogP contribution in [0.15, 0.2) is 24.3 Å². The highest BCUT2D eigenvalue weighted by Gasteiger charge is 2.48. The fourth-order valence-corrected chi connectivity index (χ4v) is 5.61. The summed E-state index contributed by atoms with van der Waals surface area (Å²) in [7, 11) is 3.70. The number of benzene rings is 1. The van der Waals surface area contributed by atoms with Crippen LogP contribution < -0.4 is 4.74 Å². The fraction of sp³-hybridized carbons (Fsp3) is 0.583. The van der Waals surface area contributed by atoms with Gasteiger partial charge in [0.25, 0.3) is 5.91 Å². The molecule has 3 fully saturated rings. The Morgan fingerprint density at radius 3 is 2.56 bits per heavy atom. The summed E-state index contributed by atoms with van der Waals surface area (Å²) in [6, 6.07) is 7.64. The molecule has 8 nitrogen and oxygen atoms in total. The minimum Gasteiger partial charge on any atom is -0.497 e. The number of carbonyl (C=O) groups is 2. The second-order valence-electron chi connectivity index (χ2n) is 9.50. The van der Waals surface area contributed by atoms with Gasteiger partial charge in [0, 0.05) is 49.7 Å². The summed E-state index contributed by atoms with van der Waals surface area (Å²) in [5.74, 6) is 1.05. The molecule has 1 aromatic heterocycles. The van der Waals surface area contributed by atoms with Crippen LogP contribution in [0.5, 0.6) is 5.75 Å². The van der Waals surface area contributed by atoms with Crippen LogP contribution in [-0.4, -0.2) is 97.6 Å². The Bertz CT molecular complexity index is 1000. The van der Waals surface area contributed by atoms with E-state index >= 15 is 0 Å². The first kappa shape index (κ1) is 21.3. The molecular formula is C24H32N4O4. The molecular weight excluding hydrogens is 408 g/mol. The van der Waals surface area contributed by atoms with Crippen LogP contribution in [-0.2, 0) is 9.53 Å². The van der Waals surface area contributed by atoms with Gasteiger partial charge in [0.1, 0.15) is 11.4 Å². The average Bonchev–Trinajstić information content (AvgIpc) is 3.39. The van der Waals surface area contributed by atoms with Gasteiger partial charge in [-0.15, -0.1) is 0 Å². The molecule has 0 radical (unpaired) electrons. The lowest BCUT2D eigenvalue weighted by Gasteiger charge is -2.39. The lowest BCUT2D eigenvalue weighted by atomic mass is 9.76. The normalized spacial score (nSPS) is 23.8. The molecule has 0 bridgehead atoms. The molecule has 2 aromatic rings. The van der Waals surface area contributed by atoms with E-state index in [0.29, 0.717) is 32.0 Å². The Morgan fingerprint density at radius 2 is 1.84 bits per heavy atom. The van der Waals surface area contributed by atoms with Gasteiger partial charge in [-0.2, -0.15) is 0 Å². The van der Waals surface area contributed by atoms with Crippen LogP contribution in [0.4, 0.5) is 0 Å². The molecule has 1 N–H and O–H groups in total. The van der Waals surface area contributed by atoms with Gasteiger partial charge in [0.15, 0.2) is 0 Å². The highest BCUT2D eigenvalue weighted by atomic mass is 16.5. The molecule has 1 atom stereocenters. The van der Waals surface area contributed by atoms with Crippen molar-refractivity contribution >= 4 is 22.7 Å². The van der Waals surface area contributed by atoms with Crippen molar-refractivity contribution in [1.82, 2.24) is 19.7 Å². The summed E-state index contributed by atoms with van der Waals surface area (Å²) in [6.07, 6.45) is 2.75. The van der Waals surface area contributed by atoms with Crippen molar-refractivity contribution in [3.05, 3.63) is 30.0 Å². The van der Waals surface area contributed by atoms with Crippen molar-refractivity contribution in [2.45, 2.75) is 25.3 Å². The summed E-state index contributed by atoms with van der Waals surface area (Å²) in [5, 5.41) is 1.00. The Morgan fingerprint density at radius 1 is 1.09 bits per heavy atom. The number of piperidine rings is 1. The second kappa shape index (κ2) is 8.41. The van der Waals surface area contributed by atoms with Crippen LogP contribution >= 0.6 is 0 Å². The SMILES string of the molecule is COc1ccc2cc(C(=O)N3CCC4(CC3)CC(C(=O)N3CCOCC3)N(C)C4)[nH]c2c1. The number of morpholine rings is 1. The van der Waals surface area contributed by atoms with Gasteiger partial charge < -0.3 is 24.3 Å². The maximum Gasteiger partial charge on any atom is 0.270 e. The van der Waals surface area contributed by atoms with Gasteiger partial charge in [0.2, 0.25) is 5.91 Å². The highest BCUT2D eigenvalue weighted by molar-refractivity contribution is 5.98. The largest absolute Gasteiger partial charge is 0.497 e. The van der Waals surface area contributed by atoms with E-state index in [-0.39, 0.29) is 23.3 Å². The van der Waals surface area contributed by atoms with Crippen molar-refractivity contribution in [2.24, 2.45) is 5.41 Å². The number of hydrogen-bond donors (Lipinski definition) is 1. The monoisotopic (exact) mass is 440 g/mol. The van der Waals surface area contributed by atoms with Crippen LogP contribution in [0.3, 0.4) is 0 Å². The molecule has 0 saturated carbocycles. The third-order valence-electron chi connectivity index (χ3n) is 7.52. The van der Waals surface area contributed by atoms with E-state index in [4.69, 9.17) is 9.47 Å². The standard InChI is InChI=1S/C24H32N4O4/c1-26-16-24(15-21(26)23(30)28-9-11-32-12-10-28)5-7-27(8-6-24)22(29)20-13-17-3-4-18(31-2)14-19(17)25-20/h3-4,13-14,21,25H,5-12,15-16H2,1-2H3. The molecule has 3 saturated heterocycles. The zero-order valence-corrected chi connectivity index (χ0v) is 18.9. The molecule has 32 heavy (non-hydrogen) atoms. The van der Waals surface area contributed by atoms with E-state index in [9.17, 15) is 9.59 Å². The molecule has 3 aliphatic rings. The number of carbonyl (C=O) groups excluding carboxylic acids is 2. The summed E-state index contributed by atoms with van der Waals surface area (Å²) >= 11 is 0. The van der Waals surface area contributed by atoms with Crippen LogP contribution in [0.25, 0.3) is 10.9 Å². The van der Waals surface area contributed by atoms with Gasteiger partial charge in [-0.25, -0.2) is 0 Å². The van der Waals surface area contributed by atoms with E-state index in [1.807, 2.05) is 34.1 Å². The summed E-state index contributed by atoms with van der Waals surface area (Å²) in [5.41, 5.74) is 1.64. The van der Waals surface area contributed by atoms with Gasteiger partial charge in [0.05, 0.1) is 26.4 Å². The smallest absolute Gasteiger partial charge is 0.270 e. The minimum atomic E-state index is -0.0564. The van der Waals surface area contributed by atoms with Gasteiger partial charge in [-0.05, 0) is 49.9 Å². The van der Waals surface area contributed by atoms with E-state index in [1.165, 1.54) is 0 Å². The molecule has 1 unspecified atom stereocenters. The summed E-state index contributed by atoms with van der Waals surface area (Å²) in [6.45, 7) is 5.01. The third kappa shape index (κ3) is 3.86. The first-order valence-electron chi connectivity index (χ1n) is 11.5. The van der Waals surface area contributed by atoms with Gasteiger partial charge >= 0.3 is 0 Å². The zero-order chi connectivity index (χ0) is 22.3. The minimum absolute atomic E-state index is 0.0438. The van der Waals surface area contributed by atoms with E-state index in [2.05, 4.69) is 16.9 Å². The van der Waals surface area contributed by atoms with Crippen molar-refractivity contribution in [3.63, 3.8) is 0 Å². The van der Waals surface area contributed by atoms with Gasteiger partial charge in [-0.1, -0.05) is 0 Å². The Hall–Kier alpha value is -2.58. The molecule has 5 rings (SSSR count). The number of aromatic nitrogens is 1. The van der Waals surface area contributed by atoms with E-state index < -0.39 is 0 Å². The first-order chi connectivity index (χ1) is 15.5. The predicted octanol–water partition coefficient (Wildman–Crippen LogP) is 1.96. The van der Waals surface area contributed by atoms with Crippen molar-refractivity contribution in [3.8, 4) is 5.75 Å². The Balaban J connectivity index is 1.23. The van der Waals surface area contributed by atoms with E-state index in [0.717, 1.165) is 55.5 Å². The number of hydrogen-bond acceptors (Lipinski definition) is 5. The molecule has 2 amide bonds. The third-order valence-corrected chi connectivity index (χ3v) is 7.52. The number of methoxy groups -OCH3 is 1. The molecule has 0 aliphatic carbocycles. The number of amides is 2. The highest BCUT2D eigenvalue weighted by Crippen LogP contribution is 2.43. The van der Waals surface area contributed by atoms with Crippen molar-refractivity contribution in [1.29, 1.82) is 0 Å². The first-order valence-corrected chi connectivity index (χ1v) is 11.5. The Kier molecular flexibility index (Phi) is 5.59. The maximum absolute atomic E-state index is 13.2. The van der Waals surface area contributed by atoms with Crippen LogP contribution in [0, 0.1) is 5.41 Å². The maximum atomic E-state index is 13.2. The molecule has 1 spiro atoms. The molecule has 3 aliphatic heterocycles. The van der Waals surface area contributed by atoms with Crippen LogP contribution in [0.2, 0.25) is 0 Å². The lowest BCUT2D eigenvalue weighted by Crippen LogP contribution is -2.48. The Labute approximate surface area is 188 Å². The lowest BCUT2D eigenvalue weighted by molar-refractivity contribution is -0.139. The topological polar surface area (TPSA) is 78.1 Å². The number of likely N-dealkylation sites (N-methyl/N-ethyl adjacent to an activating group) is 1. The molecule has 172 valence electrons. The van der Waals surface area contributed by atoms with Crippen LogP contribution in [0.1, 0.15) is 29.8 Å². The number of nitrogens with one attached hydrogen (secondary N) is 1. The quantitative estimate of drug-likeness (QED) is 0.790. The number of rotatable bonds is 3. The average molecular weight is 441 g/mol. The van der Waals surface area contributed by atoms with Gasteiger partial charge in [-0.3, -0.25) is 14.5 Å². The second-order valence-corrected chi connectivity index (χ2v) is 9.50. The number of fused-ring (bicyclic) bond motifs is 1. The van der Waals surface area contributed by atoms with E-state index in [1.54, 1.807) is 7.11 Å². The zero-order valence-electron chi connectivity index (χ0n) is 18.9. The molecule has 8 heteroatoms. The number of likely N-dealkylation sites (tertiary alicyclic amines) is 2. The predicted molar refractivity (Wildman–Crippen MR) is 121 cm³/mol. The summed E-state index contributed by atoms with van der Waals surface area (Å²) < 4.78 is 10.7. The number of H-pyrrole nitrogens is 1. The molecule has 1 aromatic carbocycles. The number of nitrogens with zero attached hydrogens (tertiary/aromatic N) is 3. The molecule has 4 heterocycles. The number of ether oxygens (including phenoxy) is 2. The van der Waals surface area contributed by atoms with Crippen molar-refractivity contribution in [2.75, 3.05) is 60.1 Å². The summed E-state index contributed by atoms with van der Waals surface area (Å²) in [4.78, 5) is 35.6.